The normalized spacial score (nSPS) is 11.1. The summed E-state index contributed by atoms with van der Waals surface area (Å²) in [5.74, 6) is 0.146. The van der Waals surface area contributed by atoms with E-state index in [9.17, 15) is 14.9 Å². The second-order valence-electron chi connectivity index (χ2n) is 5.73. The first-order valence-corrected chi connectivity index (χ1v) is 8.63. The molecule has 0 heterocycles. The summed E-state index contributed by atoms with van der Waals surface area (Å²) >= 11 is 0. The standard InChI is InChI=1S/C20H22N4O4/c1-4-28-19-11-14(22-13(2)25)9-10-16(19)20(26)24-23-17(12-21)15-7-5-6-8-18(15)27-3/h5-11,17,23H,4H2,1-3H3,(H,22,25)(H,24,26). The molecule has 0 saturated heterocycles. The van der Waals surface area contributed by atoms with Crippen molar-refractivity contribution in [1.82, 2.24) is 10.9 Å². The van der Waals surface area contributed by atoms with Crippen LogP contribution in [0.4, 0.5) is 5.69 Å². The van der Waals surface area contributed by atoms with Crippen molar-refractivity contribution in [3.63, 3.8) is 0 Å². The van der Waals surface area contributed by atoms with Crippen LogP contribution < -0.4 is 25.6 Å². The monoisotopic (exact) mass is 382 g/mol. The van der Waals surface area contributed by atoms with Gasteiger partial charge in [0.2, 0.25) is 5.91 Å². The van der Waals surface area contributed by atoms with E-state index in [2.05, 4.69) is 22.2 Å². The number of hydrazine groups is 1. The Morgan fingerprint density at radius 1 is 1.18 bits per heavy atom. The van der Waals surface area contributed by atoms with Crippen LogP contribution in [0, 0.1) is 11.3 Å². The molecule has 1 atom stereocenters. The van der Waals surface area contributed by atoms with Crippen molar-refractivity contribution in [2.45, 2.75) is 19.9 Å². The van der Waals surface area contributed by atoms with Crippen LogP contribution in [0.2, 0.25) is 0 Å². The average Bonchev–Trinajstić information content (AvgIpc) is 2.68. The van der Waals surface area contributed by atoms with Crippen LogP contribution in [0.25, 0.3) is 0 Å². The number of methoxy groups -OCH3 is 1. The van der Waals surface area contributed by atoms with E-state index in [1.54, 1.807) is 43.3 Å². The maximum absolute atomic E-state index is 12.6. The number of ether oxygens (including phenoxy) is 2. The minimum absolute atomic E-state index is 0.227. The van der Waals surface area contributed by atoms with Gasteiger partial charge in [0.05, 0.1) is 25.3 Å². The zero-order chi connectivity index (χ0) is 20.5. The van der Waals surface area contributed by atoms with E-state index in [1.807, 2.05) is 0 Å². The van der Waals surface area contributed by atoms with Crippen molar-refractivity contribution < 1.29 is 19.1 Å². The van der Waals surface area contributed by atoms with Crippen LogP contribution in [0.5, 0.6) is 11.5 Å². The Balaban J connectivity index is 2.17. The van der Waals surface area contributed by atoms with Crippen molar-refractivity contribution in [3.05, 3.63) is 53.6 Å². The molecule has 0 radical (unpaired) electrons. The highest BCUT2D eigenvalue weighted by molar-refractivity contribution is 5.98. The fourth-order valence-electron chi connectivity index (χ4n) is 2.56. The van der Waals surface area contributed by atoms with Gasteiger partial charge in [0.1, 0.15) is 17.5 Å². The van der Waals surface area contributed by atoms with Crippen molar-refractivity contribution in [2.75, 3.05) is 19.0 Å². The number of carbonyl (C=O) groups excluding carboxylic acids is 2. The predicted molar refractivity (Wildman–Crippen MR) is 104 cm³/mol. The third kappa shape index (κ3) is 5.22. The Bertz CT molecular complexity index is 892. The lowest BCUT2D eigenvalue weighted by atomic mass is 10.1. The first-order valence-electron chi connectivity index (χ1n) is 8.63. The summed E-state index contributed by atoms with van der Waals surface area (Å²) < 4.78 is 10.8. The molecule has 0 bridgehead atoms. The van der Waals surface area contributed by atoms with Crippen LogP contribution in [-0.4, -0.2) is 25.5 Å². The first-order chi connectivity index (χ1) is 13.5. The highest BCUT2D eigenvalue weighted by Gasteiger charge is 2.18. The highest BCUT2D eigenvalue weighted by Crippen LogP contribution is 2.25. The van der Waals surface area contributed by atoms with Gasteiger partial charge in [-0.15, -0.1) is 0 Å². The van der Waals surface area contributed by atoms with Gasteiger partial charge in [-0.05, 0) is 25.1 Å². The lowest BCUT2D eigenvalue weighted by Gasteiger charge is -2.17. The smallest absolute Gasteiger partial charge is 0.269 e. The third-order valence-electron chi connectivity index (χ3n) is 3.76. The van der Waals surface area contributed by atoms with Crippen LogP contribution in [0.15, 0.2) is 42.5 Å². The van der Waals surface area contributed by atoms with Gasteiger partial charge < -0.3 is 14.8 Å². The summed E-state index contributed by atoms with van der Waals surface area (Å²) in [6.45, 7) is 3.53. The topological polar surface area (TPSA) is 112 Å². The van der Waals surface area contributed by atoms with Crippen LogP contribution in [0.3, 0.4) is 0 Å². The lowest BCUT2D eigenvalue weighted by Crippen LogP contribution is -2.39. The Morgan fingerprint density at radius 3 is 2.57 bits per heavy atom. The molecule has 1 unspecified atom stereocenters. The second-order valence-corrected chi connectivity index (χ2v) is 5.73. The lowest BCUT2D eigenvalue weighted by molar-refractivity contribution is -0.114. The Labute approximate surface area is 163 Å². The maximum atomic E-state index is 12.6. The molecule has 2 aromatic rings. The fraction of sp³-hybridized carbons (Fsp3) is 0.250. The van der Waals surface area contributed by atoms with E-state index in [1.165, 1.54) is 20.1 Å². The second kappa shape index (κ2) is 9.94. The number of anilines is 1. The van der Waals surface area contributed by atoms with Crippen molar-refractivity contribution >= 4 is 17.5 Å². The van der Waals surface area contributed by atoms with Gasteiger partial charge in [-0.25, -0.2) is 5.43 Å². The number of carbonyl (C=O) groups is 2. The summed E-state index contributed by atoms with van der Waals surface area (Å²) in [6, 6.07) is 13.0. The molecule has 8 heteroatoms. The third-order valence-corrected chi connectivity index (χ3v) is 3.76. The van der Waals surface area contributed by atoms with Crippen molar-refractivity contribution in [1.29, 1.82) is 5.26 Å². The van der Waals surface area contributed by atoms with Crippen molar-refractivity contribution in [2.24, 2.45) is 0 Å². The molecule has 2 amide bonds. The van der Waals surface area contributed by atoms with Gasteiger partial charge in [-0.1, -0.05) is 18.2 Å². The molecule has 0 aliphatic carbocycles. The fourth-order valence-corrected chi connectivity index (χ4v) is 2.56. The number of rotatable bonds is 8. The molecule has 146 valence electrons. The molecule has 0 aromatic heterocycles. The van der Waals surface area contributed by atoms with Crippen LogP contribution in [-0.2, 0) is 4.79 Å². The predicted octanol–water partition coefficient (Wildman–Crippen LogP) is 2.55. The first kappa shape index (κ1) is 20.7. The average molecular weight is 382 g/mol. The number of para-hydroxylation sites is 1. The summed E-state index contributed by atoms with van der Waals surface area (Å²) in [4.78, 5) is 23.8. The van der Waals surface area contributed by atoms with Gasteiger partial charge in [0.25, 0.3) is 5.91 Å². The van der Waals surface area contributed by atoms with E-state index >= 15 is 0 Å². The highest BCUT2D eigenvalue weighted by atomic mass is 16.5. The molecule has 2 rings (SSSR count). The molecule has 28 heavy (non-hydrogen) atoms. The molecular weight excluding hydrogens is 360 g/mol. The van der Waals surface area contributed by atoms with Gasteiger partial charge in [-0.3, -0.25) is 15.0 Å². The van der Waals surface area contributed by atoms with Crippen molar-refractivity contribution in [3.8, 4) is 17.6 Å². The van der Waals surface area contributed by atoms with Crippen LogP contribution >= 0.6 is 0 Å². The van der Waals surface area contributed by atoms with Gasteiger partial charge in [-0.2, -0.15) is 5.26 Å². The van der Waals surface area contributed by atoms with Gasteiger partial charge in [0.15, 0.2) is 0 Å². The molecule has 0 aliphatic heterocycles. The molecular formula is C20H22N4O4. The number of amides is 2. The molecule has 0 spiro atoms. The molecule has 0 aliphatic rings. The Hall–Kier alpha value is -3.57. The van der Waals surface area contributed by atoms with E-state index in [4.69, 9.17) is 9.47 Å². The van der Waals surface area contributed by atoms with Gasteiger partial charge >= 0.3 is 0 Å². The van der Waals surface area contributed by atoms with E-state index in [0.717, 1.165) is 0 Å². The van der Waals surface area contributed by atoms with E-state index in [-0.39, 0.29) is 11.5 Å². The molecule has 0 saturated carbocycles. The summed E-state index contributed by atoms with van der Waals surface area (Å²) in [6.07, 6.45) is 0. The maximum Gasteiger partial charge on any atom is 0.269 e. The van der Waals surface area contributed by atoms with E-state index < -0.39 is 11.9 Å². The zero-order valence-corrected chi connectivity index (χ0v) is 15.9. The summed E-state index contributed by atoms with van der Waals surface area (Å²) in [5.41, 5.74) is 6.61. The number of benzene rings is 2. The quantitative estimate of drug-likeness (QED) is 0.605. The minimum Gasteiger partial charge on any atom is -0.496 e. The molecule has 2 aromatic carbocycles. The minimum atomic E-state index is -0.811. The summed E-state index contributed by atoms with van der Waals surface area (Å²) in [7, 11) is 1.51. The Morgan fingerprint density at radius 2 is 1.93 bits per heavy atom. The number of nitrogens with one attached hydrogen (secondary N) is 3. The number of hydrogen-bond donors (Lipinski definition) is 3. The molecule has 3 N–H and O–H groups in total. The van der Waals surface area contributed by atoms with E-state index in [0.29, 0.717) is 29.4 Å². The number of nitriles is 1. The Kier molecular flexibility index (Phi) is 7.37. The molecule has 8 nitrogen and oxygen atoms in total. The SMILES string of the molecule is CCOc1cc(NC(C)=O)ccc1C(=O)NNC(C#N)c1ccccc1OC. The number of nitrogens with zero attached hydrogens (tertiary/aromatic N) is 1. The largest absolute Gasteiger partial charge is 0.496 e. The van der Waals surface area contributed by atoms with Gasteiger partial charge in [0, 0.05) is 24.2 Å². The van der Waals surface area contributed by atoms with Crippen LogP contribution in [0.1, 0.15) is 35.8 Å². The molecule has 0 fully saturated rings. The number of hydrogen-bond acceptors (Lipinski definition) is 6. The zero-order valence-electron chi connectivity index (χ0n) is 15.9. The summed E-state index contributed by atoms with van der Waals surface area (Å²) in [5, 5.41) is 12.1.